The number of benzene rings is 1. The molecule has 1 fully saturated rings. The summed E-state index contributed by atoms with van der Waals surface area (Å²) in [5, 5.41) is 0.427. The second-order valence-electron chi connectivity index (χ2n) is 6.38. The van der Waals surface area contributed by atoms with Crippen LogP contribution in [0, 0.1) is 0 Å². The first kappa shape index (κ1) is 19.8. The highest BCUT2D eigenvalue weighted by atomic mass is 35.5. The number of piperidine rings is 1. The van der Waals surface area contributed by atoms with Gasteiger partial charge in [0.05, 0.1) is 4.90 Å². The van der Waals surface area contributed by atoms with Gasteiger partial charge in [-0.2, -0.15) is 4.31 Å². The van der Waals surface area contributed by atoms with Crippen LogP contribution in [0.3, 0.4) is 0 Å². The van der Waals surface area contributed by atoms with Crippen LogP contribution in [0.15, 0.2) is 41.4 Å². The molecule has 8 heteroatoms. The Morgan fingerprint density at radius 3 is 2.67 bits per heavy atom. The van der Waals surface area contributed by atoms with Crippen LogP contribution >= 0.6 is 11.6 Å². The van der Waals surface area contributed by atoms with Crippen molar-refractivity contribution < 1.29 is 17.9 Å². The third-order valence-corrected chi connectivity index (χ3v) is 6.73. The fraction of sp³-hybridized carbons (Fsp3) is 0.368. The predicted molar refractivity (Wildman–Crippen MR) is 102 cm³/mol. The summed E-state index contributed by atoms with van der Waals surface area (Å²) in [5.74, 6) is 0.356. The van der Waals surface area contributed by atoms with Crippen LogP contribution in [0.1, 0.15) is 30.4 Å². The van der Waals surface area contributed by atoms with Gasteiger partial charge in [-0.1, -0.05) is 18.0 Å². The van der Waals surface area contributed by atoms with Gasteiger partial charge in [-0.3, -0.25) is 0 Å². The summed E-state index contributed by atoms with van der Waals surface area (Å²) >= 11 is 6.22. The van der Waals surface area contributed by atoms with E-state index in [1.165, 1.54) is 10.4 Å². The first-order chi connectivity index (χ1) is 13.0. The smallest absolute Gasteiger partial charge is 0.243 e. The van der Waals surface area contributed by atoms with E-state index in [2.05, 4.69) is 4.98 Å². The summed E-state index contributed by atoms with van der Waals surface area (Å²) in [6, 6.07) is 8.07. The van der Waals surface area contributed by atoms with E-state index >= 15 is 0 Å². The maximum Gasteiger partial charge on any atom is 0.243 e. The van der Waals surface area contributed by atoms with Gasteiger partial charge in [0.25, 0.3) is 0 Å². The van der Waals surface area contributed by atoms with Gasteiger partial charge in [-0.25, -0.2) is 13.4 Å². The van der Waals surface area contributed by atoms with Crippen molar-refractivity contribution in [3.05, 3.63) is 52.7 Å². The highest BCUT2D eigenvalue weighted by Crippen LogP contribution is 2.26. The summed E-state index contributed by atoms with van der Waals surface area (Å²) in [6.07, 6.45) is 5.47. The maximum atomic E-state index is 12.8. The SMILES string of the molecule is O=CCc1ccnc(OCc2cc(S(=O)(=O)N3CCCCC3)ccc2Cl)c1. The molecule has 1 aromatic heterocycles. The summed E-state index contributed by atoms with van der Waals surface area (Å²) in [7, 11) is -3.53. The number of pyridine rings is 1. The molecule has 2 aromatic rings. The van der Waals surface area contributed by atoms with E-state index in [1.54, 1.807) is 30.5 Å². The number of carbonyl (C=O) groups is 1. The summed E-state index contributed by atoms with van der Waals surface area (Å²) in [5.41, 5.74) is 1.36. The molecule has 1 aliphatic rings. The quantitative estimate of drug-likeness (QED) is 0.657. The Labute approximate surface area is 164 Å². The first-order valence-corrected chi connectivity index (χ1v) is 10.6. The monoisotopic (exact) mass is 408 g/mol. The zero-order valence-corrected chi connectivity index (χ0v) is 16.4. The van der Waals surface area contributed by atoms with Gasteiger partial charge in [0.2, 0.25) is 15.9 Å². The van der Waals surface area contributed by atoms with E-state index in [4.69, 9.17) is 16.3 Å². The van der Waals surface area contributed by atoms with Gasteiger partial charge >= 0.3 is 0 Å². The molecule has 0 saturated carbocycles. The molecule has 1 aliphatic heterocycles. The number of nitrogens with zero attached hydrogens (tertiary/aromatic N) is 2. The van der Waals surface area contributed by atoms with E-state index in [0.29, 0.717) is 29.6 Å². The average Bonchev–Trinajstić information content (AvgIpc) is 2.68. The van der Waals surface area contributed by atoms with Gasteiger partial charge in [0.1, 0.15) is 12.9 Å². The Balaban J connectivity index is 1.77. The molecule has 0 bridgehead atoms. The van der Waals surface area contributed by atoms with E-state index in [0.717, 1.165) is 31.1 Å². The molecule has 144 valence electrons. The lowest BCUT2D eigenvalue weighted by molar-refractivity contribution is -0.107. The average molecular weight is 409 g/mol. The molecule has 0 amide bonds. The minimum atomic E-state index is -3.53. The lowest BCUT2D eigenvalue weighted by Gasteiger charge is -2.26. The van der Waals surface area contributed by atoms with Crippen molar-refractivity contribution in [1.82, 2.24) is 9.29 Å². The minimum Gasteiger partial charge on any atom is -0.473 e. The number of hydrogen-bond acceptors (Lipinski definition) is 5. The molecule has 0 N–H and O–H groups in total. The van der Waals surface area contributed by atoms with Crippen molar-refractivity contribution in [1.29, 1.82) is 0 Å². The number of sulfonamides is 1. The largest absolute Gasteiger partial charge is 0.473 e. The number of rotatable bonds is 7. The van der Waals surface area contributed by atoms with Crippen LogP contribution in [-0.4, -0.2) is 37.1 Å². The Morgan fingerprint density at radius 1 is 1.15 bits per heavy atom. The van der Waals surface area contributed by atoms with Crippen LogP contribution in [0.25, 0.3) is 0 Å². The number of halogens is 1. The van der Waals surface area contributed by atoms with Gasteiger partial charge in [0.15, 0.2) is 0 Å². The van der Waals surface area contributed by atoms with E-state index in [9.17, 15) is 13.2 Å². The summed E-state index contributed by atoms with van der Waals surface area (Å²) in [6.45, 7) is 1.17. The molecule has 27 heavy (non-hydrogen) atoms. The van der Waals surface area contributed by atoms with Crippen molar-refractivity contribution in [3.8, 4) is 5.88 Å². The van der Waals surface area contributed by atoms with Crippen LogP contribution in [-0.2, 0) is 27.8 Å². The molecule has 0 spiro atoms. The van der Waals surface area contributed by atoms with Crippen LogP contribution < -0.4 is 4.74 Å². The van der Waals surface area contributed by atoms with Crippen molar-refractivity contribution in [2.45, 2.75) is 37.2 Å². The third-order valence-electron chi connectivity index (χ3n) is 4.46. The molecule has 0 unspecified atom stereocenters. The molecule has 1 aromatic carbocycles. The first-order valence-electron chi connectivity index (χ1n) is 8.80. The van der Waals surface area contributed by atoms with E-state index < -0.39 is 10.0 Å². The zero-order valence-electron chi connectivity index (χ0n) is 14.8. The zero-order chi connectivity index (χ0) is 19.3. The molecule has 0 aliphatic carbocycles. The van der Waals surface area contributed by atoms with Gasteiger partial charge < -0.3 is 9.53 Å². The van der Waals surface area contributed by atoms with Gasteiger partial charge in [-0.05, 0) is 42.7 Å². The van der Waals surface area contributed by atoms with Gasteiger partial charge in [0, 0.05) is 42.4 Å². The Bertz CT molecular complexity index is 912. The van der Waals surface area contributed by atoms with E-state index in [-0.39, 0.29) is 17.9 Å². The molecule has 0 radical (unpaired) electrons. The van der Waals surface area contributed by atoms with Crippen LogP contribution in [0.5, 0.6) is 5.88 Å². The van der Waals surface area contributed by atoms with Crippen molar-refractivity contribution in [2.24, 2.45) is 0 Å². The Morgan fingerprint density at radius 2 is 1.93 bits per heavy atom. The fourth-order valence-electron chi connectivity index (χ4n) is 2.98. The van der Waals surface area contributed by atoms with Crippen molar-refractivity contribution in [3.63, 3.8) is 0 Å². The summed E-state index contributed by atoms with van der Waals surface area (Å²) in [4.78, 5) is 15.0. The van der Waals surface area contributed by atoms with Gasteiger partial charge in [-0.15, -0.1) is 0 Å². The van der Waals surface area contributed by atoms with E-state index in [1.807, 2.05) is 0 Å². The van der Waals surface area contributed by atoms with Crippen LogP contribution in [0.4, 0.5) is 0 Å². The standard InChI is InChI=1S/C19H21ClN2O4S/c20-18-5-4-17(27(24,25)22-9-2-1-3-10-22)13-16(18)14-26-19-12-15(7-11-23)6-8-21-19/h4-6,8,11-13H,1-3,7,9-10,14H2. The highest BCUT2D eigenvalue weighted by molar-refractivity contribution is 7.89. The second-order valence-corrected chi connectivity index (χ2v) is 8.72. The number of aromatic nitrogens is 1. The fourth-order valence-corrected chi connectivity index (χ4v) is 4.72. The molecule has 6 nitrogen and oxygen atoms in total. The maximum absolute atomic E-state index is 12.8. The molecule has 0 atom stereocenters. The normalized spacial score (nSPS) is 15.4. The molecule has 2 heterocycles. The Hall–Kier alpha value is -1.96. The minimum absolute atomic E-state index is 0.0831. The van der Waals surface area contributed by atoms with Crippen molar-refractivity contribution >= 4 is 27.9 Å². The number of aldehydes is 1. The highest BCUT2D eigenvalue weighted by Gasteiger charge is 2.26. The number of carbonyl (C=O) groups excluding carboxylic acids is 1. The number of hydrogen-bond donors (Lipinski definition) is 0. The predicted octanol–water partition coefficient (Wildman–Crippen LogP) is 3.23. The van der Waals surface area contributed by atoms with Crippen molar-refractivity contribution in [2.75, 3.05) is 13.1 Å². The molecule has 1 saturated heterocycles. The van der Waals surface area contributed by atoms with Crippen LogP contribution in [0.2, 0.25) is 5.02 Å². The lowest BCUT2D eigenvalue weighted by atomic mass is 10.2. The second kappa shape index (κ2) is 8.82. The third kappa shape index (κ3) is 4.86. The molecule has 3 rings (SSSR count). The molecular formula is C19H21ClN2O4S. The topological polar surface area (TPSA) is 76.6 Å². The lowest BCUT2D eigenvalue weighted by Crippen LogP contribution is -2.35. The number of ether oxygens (including phenoxy) is 1. The molecular weight excluding hydrogens is 388 g/mol. The summed E-state index contributed by atoms with van der Waals surface area (Å²) < 4.78 is 32.9. The Kier molecular flexibility index (Phi) is 6.46.